The van der Waals surface area contributed by atoms with Crippen molar-refractivity contribution >= 4 is 23.8 Å². The molecule has 2 rings (SSSR count). The van der Waals surface area contributed by atoms with Gasteiger partial charge in [-0.2, -0.15) is 0 Å². The monoisotopic (exact) mass is 451 g/mol. The number of carbonyl (C=O) groups is 2. The fraction of sp³-hybridized carbons (Fsp3) is 0.545. The number of ether oxygens (including phenoxy) is 2. The topological polar surface area (TPSA) is 97.9 Å². The van der Waals surface area contributed by atoms with Crippen LogP contribution in [0.2, 0.25) is 0 Å². The maximum absolute atomic E-state index is 12.9. The molecule has 0 saturated carbocycles. The summed E-state index contributed by atoms with van der Waals surface area (Å²) in [7, 11) is 0. The Kier molecular flexibility index (Phi) is 9.67. The Bertz CT molecular complexity index is 751. The maximum atomic E-state index is 12.9. The van der Waals surface area contributed by atoms with Crippen LogP contribution in [0, 0.1) is 0 Å². The lowest BCUT2D eigenvalue weighted by molar-refractivity contribution is -0.127. The summed E-state index contributed by atoms with van der Waals surface area (Å²) in [5.41, 5.74) is 3.13. The maximum Gasteiger partial charge on any atom is 0.408 e. The molecule has 0 radical (unpaired) electrons. The Morgan fingerprint density at radius 1 is 1.26 bits per heavy atom. The fourth-order valence-electron chi connectivity index (χ4n) is 2.74. The van der Waals surface area contributed by atoms with Crippen LogP contribution in [0.4, 0.5) is 4.79 Å². The van der Waals surface area contributed by atoms with E-state index in [4.69, 9.17) is 14.3 Å². The molecule has 172 valence electrons. The summed E-state index contributed by atoms with van der Waals surface area (Å²) in [5, 5.41) is 6.39. The molecule has 0 spiro atoms. The van der Waals surface area contributed by atoms with Gasteiger partial charge in [0.2, 0.25) is 5.91 Å². The van der Waals surface area contributed by atoms with E-state index in [-0.39, 0.29) is 18.6 Å². The van der Waals surface area contributed by atoms with E-state index in [1.54, 1.807) is 39.5 Å². The normalized spacial score (nSPS) is 17.8. The molecule has 1 unspecified atom stereocenters. The molecule has 0 bridgehead atoms. The fourth-order valence-corrected chi connectivity index (χ4v) is 3.41. The van der Waals surface area contributed by atoms with Crippen molar-refractivity contribution in [3.63, 3.8) is 0 Å². The van der Waals surface area contributed by atoms with Crippen molar-refractivity contribution in [2.75, 3.05) is 12.3 Å². The predicted molar refractivity (Wildman–Crippen MR) is 121 cm³/mol. The highest BCUT2D eigenvalue weighted by Crippen LogP contribution is 2.18. The molecule has 0 aliphatic carbocycles. The molecule has 1 aliphatic heterocycles. The van der Waals surface area contributed by atoms with Crippen molar-refractivity contribution in [3.05, 3.63) is 47.0 Å². The third-order valence-corrected chi connectivity index (χ3v) is 5.02. The first-order valence-electron chi connectivity index (χ1n) is 10.4. The van der Waals surface area contributed by atoms with Crippen LogP contribution in [-0.4, -0.2) is 48.1 Å². The van der Waals surface area contributed by atoms with Crippen LogP contribution in [0.3, 0.4) is 0 Å². The molecule has 2 amide bonds. The zero-order chi connectivity index (χ0) is 22.9. The third kappa shape index (κ3) is 9.20. The third-order valence-electron chi connectivity index (χ3n) is 4.21. The number of thioether (sulfide) groups is 1. The van der Waals surface area contributed by atoms with Crippen LogP contribution in [0.1, 0.15) is 40.2 Å². The average Bonchev–Trinajstić information content (AvgIpc) is 3.15. The lowest BCUT2D eigenvalue weighted by Gasteiger charge is -2.27. The zero-order valence-electron chi connectivity index (χ0n) is 18.8. The molecule has 31 heavy (non-hydrogen) atoms. The molecular formula is C22H33N3O5S. The van der Waals surface area contributed by atoms with Crippen LogP contribution in [0.5, 0.6) is 0 Å². The summed E-state index contributed by atoms with van der Waals surface area (Å²) in [5.74, 6) is 0.541. The van der Waals surface area contributed by atoms with Gasteiger partial charge in [-0.3, -0.25) is 15.1 Å². The van der Waals surface area contributed by atoms with E-state index in [1.807, 2.05) is 43.3 Å². The summed E-state index contributed by atoms with van der Waals surface area (Å²) >= 11 is 1.62. The van der Waals surface area contributed by atoms with Gasteiger partial charge in [0, 0.05) is 0 Å². The van der Waals surface area contributed by atoms with Gasteiger partial charge in [0.25, 0.3) is 0 Å². The molecule has 3 N–H and O–H groups in total. The second kappa shape index (κ2) is 12.0. The van der Waals surface area contributed by atoms with Gasteiger partial charge in [-0.1, -0.05) is 37.3 Å². The Hall–Kier alpha value is -2.23. The van der Waals surface area contributed by atoms with Crippen LogP contribution < -0.4 is 16.1 Å². The minimum Gasteiger partial charge on any atom is -0.444 e. The summed E-state index contributed by atoms with van der Waals surface area (Å²) < 4.78 is 11.2. The number of benzene rings is 1. The quantitative estimate of drug-likeness (QED) is 0.503. The number of carbonyl (C=O) groups excluding carboxylic acids is 2. The molecule has 1 aromatic carbocycles. The Labute approximate surface area is 188 Å². The molecule has 0 fully saturated rings. The van der Waals surface area contributed by atoms with Gasteiger partial charge in [-0.25, -0.2) is 4.79 Å². The number of alkyl carbamates (subject to hydrolysis) is 1. The molecule has 8 nitrogen and oxygen atoms in total. The van der Waals surface area contributed by atoms with Crippen LogP contribution in [0.15, 0.2) is 41.4 Å². The molecule has 0 saturated heterocycles. The Morgan fingerprint density at radius 2 is 1.97 bits per heavy atom. The van der Waals surface area contributed by atoms with Crippen molar-refractivity contribution in [3.8, 4) is 0 Å². The van der Waals surface area contributed by atoms with Gasteiger partial charge in [-0.05, 0) is 45.1 Å². The van der Waals surface area contributed by atoms with Crippen molar-refractivity contribution in [2.45, 2.75) is 65.1 Å². The first kappa shape index (κ1) is 25.0. The zero-order valence-corrected chi connectivity index (χ0v) is 19.6. The predicted octanol–water partition coefficient (Wildman–Crippen LogP) is 3.10. The van der Waals surface area contributed by atoms with Gasteiger partial charge in [0.1, 0.15) is 17.7 Å². The molecule has 3 atom stereocenters. The number of nitrogens with one attached hydrogen (secondary N) is 3. The number of rotatable bonds is 10. The van der Waals surface area contributed by atoms with Crippen molar-refractivity contribution < 1.29 is 23.9 Å². The van der Waals surface area contributed by atoms with E-state index < -0.39 is 23.8 Å². The number of hydroxylamine groups is 1. The van der Waals surface area contributed by atoms with Crippen LogP contribution >= 0.6 is 11.8 Å². The average molecular weight is 452 g/mol. The molecule has 0 aromatic heterocycles. The van der Waals surface area contributed by atoms with Crippen molar-refractivity contribution in [1.29, 1.82) is 0 Å². The van der Waals surface area contributed by atoms with Crippen molar-refractivity contribution in [2.24, 2.45) is 0 Å². The second-order valence-corrected chi connectivity index (χ2v) is 9.40. The summed E-state index contributed by atoms with van der Waals surface area (Å²) in [6.45, 7) is 9.66. The molecular weight excluding hydrogens is 418 g/mol. The second-order valence-electron chi connectivity index (χ2n) is 8.09. The highest BCUT2D eigenvalue weighted by Gasteiger charge is 2.30. The highest BCUT2D eigenvalue weighted by atomic mass is 32.2. The van der Waals surface area contributed by atoms with Gasteiger partial charge < -0.3 is 20.1 Å². The van der Waals surface area contributed by atoms with E-state index in [0.29, 0.717) is 6.61 Å². The summed E-state index contributed by atoms with van der Waals surface area (Å²) in [4.78, 5) is 30.6. The molecule has 9 heteroatoms. The van der Waals surface area contributed by atoms with Crippen LogP contribution in [0.25, 0.3) is 0 Å². The lowest BCUT2D eigenvalue weighted by Crippen LogP contribution is -2.54. The van der Waals surface area contributed by atoms with Gasteiger partial charge in [0.15, 0.2) is 0 Å². The molecule has 1 heterocycles. The summed E-state index contributed by atoms with van der Waals surface area (Å²) in [6, 6.07) is 8.70. The van der Waals surface area contributed by atoms with Crippen LogP contribution in [-0.2, 0) is 25.7 Å². The number of hydrogen-bond acceptors (Lipinski definition) is 7. The van der Waals surface area contributed by atoms with E-state index in [1.165, 1.54) is 0 Å². The first-order valence-corrected chi connectivity index (χ1v) is 11.4. The lowest BCUT2D eigenvalue weighted by atomic mass is 10.1. The largest absolute Gasteiger partial charge is 0.444 e. The van der Waals surface area contributed by atoms with Gasteiger partial charge in [-0.15, -0.1) is 11.8 Å². The SMILES string of the molecule is CCSC1=CC(CNC(=O)[C@@H](NC(=O)OC(C)(C)C)[C@@H](C)OCc2ccccc2)ON1. The molecule has 1 aromatic rings. The van der Waals surface area contributed by atoms with E-state index >= 15 is 0 Å². The van der Waals surface area contributed by atoms with E-state index in [9.17, 15) is 9.59 Å². The van der Waals surface area contributed by atoms with Gasteiger partial charge in [0.05, 0.1) is 24.3 Å². The Balaban J connectivity index is 1.98. The van der Waals surface area contributed by atoms with Crippen molar-refractivity contribution in [1.82, 2.24) is 16.1 Å². The highest BCUT2D eigenvalue weighted by molar-refractivity contribution is 8.02. The van der Waals surface area contributed by atoms with E-state index in [2.05, 4.69) is 16.1 Å². The molecule has 1 aliphatic rings. The smallest absolute Gasteiger partial charge is 0.408 e. The van der Waals surface area contributed by atoms with E-state index in [0.717, 1.165) is 16.3 Å². The van der Waals surface area contributed by atoms with Gasteiger partial charge >= 0.3 is 6.09 Å². The first-order chi connectivity index (χ1) is 14.7. The Morgan fingerprint density at radius 3 is 2.61 bits per heavy atom. The standard InChI is InChI=1S/C22H33N3O5S/c1-6-31-18-12-17(30-25-18)13-23-20(26)19(24-21(27)29-22(3,4)5)15(2)28-14-16-10-8-7-9-11-16/h7-12,15,17,19,25H,6,13-14H2,1-5H3,(H,23,26)(H,24,27)/t15-,17?,19+/m1/s1. The summed E-state index contributed by atoms with van der Waals surface area (Å²) in [6.07, 6.45) is 0.362. The number of amides is 2. The minimum atomic E-state index is -0.929. The minimum absolute atomic E-state index is 0.261. The number of hydrogen-bond donors (Lipinski definition) is 3.